The maximum Gasteiger partial charge on any atom is 0.263 e. The Balaban J connectivity index is 1.59. The minimum Gasteiger partial charge on any atom is -0.378 e. The SMILES string of the molecule is C[C@H](Nc1ncnc2[nH]ccc(=O)c12)c1c(Cl)c2cccc(-c3ccc(N(C)C)cc3)c2c(=O)n1-c1ccccc1. The maximum atomic E-state index is 14.5. The molecule has 6 rings (SSSR count). The van der Waals surface area contributed by atoms with E-state index in [1.165, 1.54) is 12.4 Å². The summed E-state index contributed by atoms with van der Waals surface area (Å²) in [6, 6.07) is 24.1. The van der Waals surface area contributed by atoms with Crippen molar-refractivity contribution >= 4 is 44.9 Å². The molecule has 0 bridgehead atoms. The molecule has 0 aliphatic carbocycles. The van der Waals surface area contributed by atoms with E-state index in [9.17, 15) is 9.59 Å². The molecule has 41 heavy (non-hydrogen) atoms. The Bertz CT molecular complexity index is 2010. The average Bonchev–Trinajstić information content (AvgIpc) is 2.99. The zero-order chi connectivity index (χ0) is 28.7. The first-order valence-corrected chi connectivity index (χ1v) is 13.5. The average molecular weight is 563 g/mol. The van der Waals surface area contributed by atoms with Crippen molar-refractivity contribution < 1.29 is 0 Å². The Kier molecular flexibility index (Phi) is 6.77. The molecule has 3 aromatic heterocycles. The number of halogens is 1. The molecule has 9 heteroatoms. The number of hydrogen-bond acceptors (Lipinski definition) is 6. The number of aromatic amines is 1. The number of anilines is 2. The number of para-hydroxylation sites is 1. The molecule has 0 radical (unpaired) electrons. The van der Waals surface area contributed by atoms with Crippen LogP contribution in [-0.4, -0.2) is 33.6 Å². The summed E-state index contributed by atoms with van der Waals surface area (Å²) in [6.07, 6.45) is 2.93. The van der Waals surface area contributed by atoms with Gasteiger partial charge in [0.2, 0.25) is 0 Å². The van der Waals surface area contributed by atoms with E-state index in [4.69, 9.17) is 11.6 Å². The molecule has 3 aromatic carbocycles. The van der Waals surface area contributed by atoms with Crippen LogP contribution < -0.4 is 21.2 Å². The second kappa shape index (κ2) is 10.6. The summed E-state index contributed by atoms with van der Waals surface area (Å²) < 4.78 is 1.65. The van der Waals surface area contributed by atoms with Gasteiger partial charge in [-0.2, -0.15) is 0 Å². The number of nitrogens with one attached hydrogen (secondary N) is 2. The van der Waals surface area contributed by atoms with Gasteiger partial charge < -0.3 is 15.2 Å². The fraction of sp³-hybridized carbons (Fsp3) is 0.125. The van der Waals surface area contributed by atoms with Crippen molar-refractivity contribution in [2.45, 2.75) is 13.0 Å². The van der Waals surface area contributed by atoms with Crippen LogP contribution in [0.2, 0.25) is 5.02 Å². The summed E-state index contributed by atoms with van der Waals surface area (Å²) in [6.45, 7) is 1.89. The Morgan fingerprint density at radius 1 is 0.902 bits per heavy atom. The van der Waals surface area contributed by atoms with Crippen molar-refractivity contribution in [3.05, 3.63) is 123 Å². The third-order valence-electron chi connectivity index (χ3n) is 7.20. The van der Waals surface area contributed by atoms with Crippen molar-refractivity contribution in [2.75, 3.05) is 24.3 Å². The van der Waals surface area contributed by atoms with Crippen molar-refractivity contribution in [3.8, 4) is 16.8 Å². The highest BCUT2D eigenvalue weighted by Gasteiger charge is 2.24. The van der Waals surface area contributed by atoms with E-state index in [2.05, 4.69) is 20.3 Å². The molecule has 0 aliphatic rings. The number of hydrogen-bond donors (Lipinski definition) is 2. The Labute approximate surface area is 240 Å². The quantitative estimate of drug-likeness (QED) is 0.252. The number of aromatic nitrogens is 4. The minimum absolute atomic E-state index is 0.197. The molecule has 0 aliphatic heterocycles. The smallest absolute Gasteiger partial charge is 0.263 e. The molecule has 8 nitrogen and oxygen atoms in total. The van der Waals surface area contributed by atoms with Crippen molar-refractivity contribution in [3.63, 3.8) is 0 Å². The van der Waals surface area contributed by atoms with E-state index in [1.54, 1.807) is 10.8 Å². The normalized spacial score (nSPS) is 12.0. The fourth-order valence-electron chi connectivity index (χ4n) is 5.21. The number of H-pyrrole nitrogens is 1. The van der Waals surface area contributed by atoms with E-state index < -0.39 is 6.04 Å². The third kappa shape index (κ3) is 4.62. The largest absolute Gasteiger partial charge is 0.378 e. The first-order chi connectivity index (χ1) is 19.8. The second-order valence-corrected chi connectivity index (χ2v) is 10.4. The molecular formula is C32H27ClN6O2. The summed E-state index contributed by atoms with van der Waals surface area (Å²) in [4.78, 5) is 40.7. The zero-order valence-electron chi connectivity index (χ0n) is 22.7. The molecule has 1 atom stereocenters. The molecule has 0 fully saturated rings. The fourth-order valence-corrected chi connectivity index (χ4v) is 5.62. The predicted octanol–water partition coefficient (Wildman–Crippen LogP) is 6.18. The molecule has 3 heterocycles. The lowest BCUT2D eigenvalue weighted by atomic mass is 9.97. The van der Waals surface area contributed by atoms with Crippen LogP contribution in [0.5, 0.6) is 0 Å². The second-order valence-electron chi connectivity index (χ2n) is 10.00. The Morgan fingerprint density at radius 2 is 1.66 bits per heavy atom. The van der Waals surface area contributed by atoms with Gasteiger partial charge in [-0.3, -0.25) is 14.2 Å². The predicted molar refractivity (Wildman–Crippen MR) is 167 cm³/mol. The number of rotatable bonds is 6. The third-order valence-corrected chi connectivity index (χ3v) is 7.60. The van der Waals surface area contributed by atoms with Crippen LogP contribution in [0, 0.1) is 0 Å². The number of benzene rings is 3. The van der Waals surface area contributed by atoms with Gasteiger partial charge in [-0.1, -0.05) is 60.1 Å². The monoisotopic (exact) mass is 562 g/mol. The number of pyridine rings is 2. The zero-order valence-corrected chi connectivity index (χ0v) is 23.5. The van der Waals surface area contributed by atoms with E-state index in [0.29, 0.717) is 44.0 Å². The van der Waals surface area contributed by atoms with Crippen LogP contribution in [0.4, 0.5) is 11.5 Å². The summed E-state index contributed by atoms with van der Waals surface area (Å²) in [5, 5.41) is 5.26. The molecule has 0 saturated heterocycles. The Morgan fingerprint density at radius 3 is 2.39 bits per heavy atom. The van der Waals surface area contributed by atoms with Gasteiger partial charge in [0.1, 0.15) is 23.2 Å². The highest BCUT2D eigenvalue weighted by molar-refractivity contribution is 6.36. The van der Waals surface area contributed by atoms with Crippen LogP contribution in [0.15, 0.2) is 101 Å². The summed E-state index contributed by atoms with van der Waals surface area (Å²) in [5.74, 6) is 0.349. The molecule has 204 valence electrons. The molecule has 6 aromatic rings. The van der Waals surface area contributed by atoms with Gasteiger partial charge in [0, 0.05) is 43.1 Å². The molecule has 0 unspecified atom stereocenters. The van der Waals surface area contributed by atoms with Gasteiger partial charge >= 0.3 is 0 Å². The van der Waals surface area contributed by atoms with E-state index in [-0.39, 0.29) is 11.0 Å². The first-order valence-electron chi connectivity index (χ1n) is 13.1. The van der Waals surface area contributed by atoms with Gasteiger partial charge in [-0.05, 0) is 42.3 Å². The van der Waals surface area contributed by atoms with Gasteiger partial charge in [0.25, 0.3) is 5.56 Å². The molecule has 2 N–H and O–H groups in total. The van der Waals surface area contributed by atoms with Gasteiger partial charge in [0.05, 0.1) is 22.1 Å². The topological polar surface area (TPSA) is 95.9 Å². The summed E-state index contributed by atoms with van der Waals surface area (Å²) in [7, 11) is 3.98. The van der Waals surface area contributed by atoms with Crippen LogP contribution in [0.1, 0.15) is 18.7 Å². The molecule has 0 amide bonds. The van der Waals surface area contributed by atoms with Gasteiger partial charge in [0.15, 0.2) is 5.43 Å². The Hall–Kier alpha value is -4.95. The van der Waals surface area contributed by atoms with Crippen molar-refractivity contribution in [1.29, 1.82) is 0 Å². The molecule has 0 saturated carbocycles. The van der Waals surface area contributed by atoms with Crippen LogP contribution in [-0.2, 0) is 0 Å². The number of nitrogens with zero attached hydrogens (tertiary/aromatic N) is 4. The summed E-state index contributed by atoms with van der Waals surface area (Å²) >= 11 is 7.20. The summed E-state index contributed by atoms with van der Waals surface area (Å²) in [5.41, 5.74) is 4.00. The van der Waals surface area contributed by atoms with Crippen LogP contribution in [0.25, 0.3) is 38.6 Å². The lowest BCUT2D eigenvalue weighted by molar-refractivity contribution is 0.774. The maximum absolute atomic E-state index is 14.5. The van der Waals surface area contributed by atoms with Crippen molar-refractivity contribution in [1.82, 2.24) is 19.5 Å². The minimum atomic E-state index is -0.513. The number of fused-ring (bicyclic) bond motifs is 2. The molecule has 0 spiro atoms. The lowest BCUT2D eigenvalue weighted by Crippen LogP contribution is -2.27. The van der Waals surface area contributed by atoms with Gasteiger partial charge in [-0.25, -0.2) is 9.97 Å². The van der Waals surface area contributed by atoms with Crippen molar-refractivity contribution in [2.24, 2.45) is 0 Å². The lowest BCUT2D eigenvalue weighted by Gasteiger charge is -2.24. The molecular weight excluding hydrogens is 536 g/mol. The van der Waals surface area contributed by atoms with E-state index in [1.807, 2.05) is 98.7 Å². The van der Waals surface area contributed by atoms with E-state index >= 15 is 0 Å². The highest BCUT2D eigenvalue weighted by atomic mass is 35.5. The van der Waals surface area contributed by atoms with E-state index in [0.717, 1.165) is 16.8 Å². The van der Waals surface area contributed by atoms with Gasteiger partial charge in [-0.15, -0.1) is 0 Å². The van der Waals surface area contributed by atoms with Crippen LogP contribution >= 0.6 is 11.6 Å². The van der Waals surface area contributed by atoms with Crippen LogP contribution in [0.3, 0.4) is 0 Å². The first kappa shape index (κ1) is 26.3. The highest BCUT2D eigenvalue weighted by Crippen LogP contribution is 2.36. The standard InChI is InChI=1S/C32H27ClN6O2/c1-19(37-31-27-25(40)16-17-34-30(27)35-18-36-31)29-28(33)24-11-7-10-23(20-12-14-21(15-13-20)38(2)3)26(24)32(41)39(29)22-8-5-4-6-9-22/h4-19H,1-3H3,(H2,34,35,36,37,40)/t19-/m0/s1.